The van der Waals surface area contributed by atoms with Gasteiger partial charge in [-0.1, -0.05) is 54.6 Å². The van der Waals surface area contributed by atoms with E-state index in [1.54, 1.807) is 13.0 Å². The van der Waals surface area contributed by atoms with E-state index < -0.39 is 11.8 Å². The highest BCUT2D eigenvalue weighted by Crippen LogP contribution is 2.54. The van der Waals surface area contributed by atoms with Gasteiger partial charge in [0.2, 0.25) is 5.72 Å². The first kappa shape index (κ1) is 20.8. The minimum absolute atomic E-state index is 0.0520. The minimum atomic E-state index is -0.752. The Labute approximate surface area is 199 Å². The van der Waals surface area contributed by atoms with Crippen LogP contribution in [-0.2, 0) is 10.5 Å². The number of allylic oxidation sites excluding steroid dienone is 3. The maximum Gasteiger partial charge on any atom is 0.206 e. The van der Waals surface area contributed by atoms with E-state index in [-0.39, 0.29) is 6.04 Å². The van der Waals surface area contributed by atoms with Crippen molar-refractivity contribution in [2.24, 2.45) is 0 Å². The summed E-state index contributed by atoms with van der Waals surface area (Å²) >= 11 is 0. The fraction of sp³-hybridized carbons (Fsp3) is 0.200. The molecule has 0 spiro atoms. The number of aliphatic hydroxyl groups excluding tert-OH is 1. The molecule has 0 aliphatic carbocycles. The van der Waals surface area contributed by atoms with Gasteiger partial charge in [0, 0.05) is 28.1 Å². The number of furan rings is 1. The average molecular weight is 450 g/mol. The lowest BCUT2D eigenvalue weighted by atomic mass is 9.95. The standard InChI is InChI=1S/C30H27NO3/c1-19(32)17-20(2)34-30(3)25-14-13-24-23-11-7-8-12-27(23)33-29(24)28(25)26-18-22(15-16-31(26)30)21-9-5-4-6-10-21/h4-19,26,32H,1-3H3/b20-17-/t19?,26?,30-/m0/s1. The van der Waals surface area contributed by atoms with Crippen molar-refractivity contribution >= 4 is 27.5 Å². The molecular weight excluding hydrogens is 422 g/mol. The number of ether oxygens (including phenoxy) is 1. The van der Waals surface area contributed by atoms with Crippen LogP contribution in [0.5, 0.6) is 0 Å². The maximum atomic E-state index is 9.88. The Morgan fingerprint density at radius 3 is 2.62 bits per heavy atom. The van der Waals surface area contributed by atoms with Gasteiger partial charge in [0.25, 0.3) is 0 Å². The monoisotopic (exact) mass is 449 g/mol. The molecule has 0 saturated heterocycles. The summed E-state index contributed by atoms with van der Waals surface area (Å²) in [5.74, 6) is 0.681. The van der Waals surface area contributed by atoms with Gasteiger partial charge in [-0.05, 0) is 62.3 Å². The van der Waals surface area contributed by atoms with E-state index in [9.17, 15) is 5.11 Å². The predicted molar refractivity (Wildman–Crippen MR) is 136 cm³/mol. The Morgan fingerprint density at radius 1 is 1.06 bits per heavy atom. The van der Waals surface area contributed by atoms with Gasteiger partial charge in [-0.3, -0.25) is 0 Å². The third-order valence-corrected chi connectivity index (χ3v) is 6.87. The third kappa shape index (κ3) is 3.10. The van der Waals surface area contributed by atoms with Crippen molar-refractivity contribution in [2.45, 2.75) is 38.6 Å². The topological polar surface area (TPSA) is 45.8 Å². The van der Waals surface area contributed by atoms with Crippen molar-refractivity contribution in [3.63, 3.8) is 0 Å². The summed E-state index contributed by atoms with van der Waals surface area (Å²) < 4.78 is 13.0. The van der Waals surface area contributed by atoms with E-state index in [0.717, 1.165) is 33.1 Å². The van der Waals surface area contributed by atoms with Gasteiger partial charge >= 0.3 is 0 Å². The summed E-state index contributed by atoms with van der Waals surface area (Å²) in [5, 5.41) is 12.1. The number of hydrogen-bond acceptors (Lipinski definition) is 4. The van der Waals surface area contributed by atoms with Crippen LogP contribution >= 0.6 is 0 Å². The molecule has 0 amide bonds. The molecule has 0 saturated carbocycles. The number of para-hydroxylation sites is 1. The van der Waals surface area contributed by atoms with Crippen molar-refractivity contribution in [3.05, 3.63) is 114 Å². The van der Waals surface area contributed by atoms with Gasteiger partial charge in [0.05, 0.1) is 17.9 Å². The van der Waals surface area contributed by atoms with Crippen LogP contribution in [0.1, 0.15) is 43.5 Å². The number of nitrogens with zero attached hydrogens (tertiary/aromatic N) is 1. The first-order valence-corrected chi connectivity index (χ1v) is 11.7. The van der Waals surface area contributed by atoms with Crippen LogP contribution < -0.4 is 0 Å². The molecule has 2 aliphatic rings. The summed E-state index contributed by atoms with van der Waals surface area (Å²) in [5.41, 5.74) is 5.57. The first-order valence-electron chi connectivity index (χ1n) is 11.7. The molecule has 6 rings (SSSR count). The van der Waals surface area contributed by atoms with Crippen LogP contribution in [-0.4, -0.2) is 16.1 Å². The Bertz CT molecular complexity index is 1490. The second-order valence-corrected chi connectivity index (χ2v) is 9.26. The van der Waals surface area contributed by atoms with Crippen molar-refractivity contribution in [1.29, 1.82) is 0 Å². The largest absolute Gasteiger partial charge is 0.469 e. The fourth-order valence-corrected chi connectivity index (χ4v) is 5.45. The van der Waals surface area contributed by atoms with Gasteiger partial charge < -0.3 is 19.2 Å². The second kappa shape index (κ2) is 7.64. The summed E-state index contributed by atoms with van der Waals surface area (Å²) in [4.78, 5) is 2.25. The van der Waals surface area contributed by atoms with E-state index >= 15 is 0 Å². The second-order valence-electron chi connectivity index (χ2n) is 9.26. The molecule has 1 aromatic heterocycles. The van der Waals surface area contributed by atoms with Crippen molar-refractivity contribution in [3.8, 4) is 0 Å². The predicted octanol–water partition coefficient (Wildman–Crippen LogP) is 7.03. The number of benzene rings is 3. The van der Waals surface area contributed by atoms with Crippen LogP contribution in [0.3, 0.4) is 0 Å². The third-order valence-electron chi connectivity index (χ3n) is 6.87. The lowest BCUT2D eigenvalue weighted by molar-refractivity contribution is -0.0944. The van der Waals surface area contributed by atoms with Gasteiger partial charge in [-0.15, -0.1) is 0 Å². The Kier molecular flexibility index (Phi) is 4.68. The molecule has 4 heteroatoms. The Morgan fingerprint density at radius 2 is 1.82 bits per heavy atom. The first-order chi connectivity index (χ1) is 16.5. The normalized spacial score (nSPS) is 22.6. The summed E-state index contributed by atoms with van der Waals surface area (Å²) in [6.07, 6.45) is 7.71. The van der Waals surface area contributed by atoms with Crippen molar-refractivity contribution in [2.75, 3.05) is 0 Å². The number of rotatable bonds is 4. The van der Waals surface area contributed by atoms with Crippen molar-refractivity contribution in [1.82, 2.24) is 4.90 Å². The van der Waals surface area contributed by atoms with Crippen LogP contribution in [0.2, 0.25) is 0 Å². The molecule has 3 heterocycles. The molecule has 2 unspecified atom stereocenters. The molecule has 0 fully saturated rings. The van der Waals surface area contributed by atoms with Gasteiger partial charge in [-0.25, -0.2) is 0 Å². The highest BCUT2D eigenvalue weighted by atomic mass is 16.5. The number of fused-ring (bicyclic) bond motifs is 7. The zero-order valence-corrected chi connectivity index (χ0v) is 19.5. The molecule has 3 atom stereocenters. The molecule has 1 N–H and O–H groups in total. The molecule has 4 aromatic rings. The maximum absolute atomic E-state index is 9.88. The SMILES string of the molecule is C/C(=C/C(C)O)O[C@@]1(C)c2ccc3c(oc4ccccc43)c2C2C=C(c3ccccc3)C=CN21. The van der Waals surface area contributed by atoms with E-state index in [1.807, 2.05) is 31.2 Å². The zero-order valence-electron chi connectivity index (χ0n) is 19.5. The highest BCUT2D eigenvalue weighted by Gasteiger charge is 2.49. The fourth-order valence-electron chi connectivity index (χ4n) is 5.45. The van der Waals surface area contributed by atoms with Crippen LogP contribution in [0.4, 0.5) is 0 Å². The number of aliphatic hydroxyl groups is 1. The van der Waals surface area contributed by atoms with E-state index in [4.69, 9.17) is 9.15 Å². The lowest BCUT2D eigenvalue weighted by Gasteiger charge is -2.39. The van der Waals surface area contributed by atoms with Crippen molar-refractivity contribution < 1.29 is 14.3 Å². The molecule has 2 aliphatic heterocycles. The van der Waals surface area contributed by atoms with Gasteiger partial charge in [0.1, 0.15) is 11.2 Å². The average Bonchev–Trinajstić information content (AvgIpc) is 3.32. The smallest absolute Gasteiger partial charge is 0.206 e. The highest BCUT2D eigenvalue weighted by molar-refractivity contribution is 6.06. The molecule has 34 heavy (non-hydrogen) atoms. The summed E-state index contributed by atoms with van der Waals surface area (Å²) in [6, 6.07) is 22.9. The van der Waals surface area contributed by atoms with E-state index in [1.165, 1.54) is 11.1 Å². The molecule has 0 bridgehead atoms. The Balaban J connectivity index is 1.58. The molecule has 4 nitrogen and oxygen atoms in total. The Hall–Kier alpha value is -3.76. The molecule has 3 aromatic carbocycles. The van der Waals surface area contributed by atoms with Gasteiger partial charge in [0.15, 0.2) is 0 Å². The van der Waals surface area contributed by atoms with E-state index in [0.29, 0.717) is 5.76 Å². The van der Waals surface area contributed by atoms with E-state index in [2.05, 4.69) is 72.6 Å². The summed E-state index contributed by atoms with van der Waals surface area (Å²) in [6.45, 7) is 5.71. The molecular formula is C30H27NO3. The summed E-state index contributed by atoms with van der Waals surface area (Å²) in [7, 11) is 0. The quantitative estimate of drug-likeness (QED) is 0.340. The minimum Gasteiger partial charge on any atom is -0.469 e. The molecule has 0 radical (unpaired) electrons. The lowest BCUT2D eigenvalue weighted by Crippen LogP contribution is -2.39. The van der Waals surface area contributed by atoms with Crippen LogP contribution in [0.15, 0.2) is 101 Å². The number of hydrogen-bond donors (Lipinski definition) is 1. The van der Waals surface area contributed by atoms with Crippen LogP contribution in [0, 0.1) is 0 Å². The zero-order chi connectivity index (χ0) is 23.4. The molecule has 170 valence electrons. The van der Waals surface area contributed by atoms with Gasteiger partial charge in [-0.2, -0.15) is 0 Å². The van der Waals surface area contributed by atoms with Crippen LogP contribution in [0.25, 0.3) is 27.5 Å².